The van der Waals surface area contributed by atoms with Crippen molar-refractivity contribution in [3.05, 3.63) is 29.3 Å². The molecule has 1 atom stereocenters. The van der Waals surface area contributed by atoms with Crippen LogP contribution in [0.4, 0.5) is 0 Å². The van der Waals surface area contributed by atoms with E-state index >= 15 is 0 Å². The summed E-state index contributed by atoms with van der Waals surface area (Å²) in [6, 6.07) is 3.23. The van der Waals surface area contributed by atoms with Crippen LogP contribution in [0.5, 0.6) is 0 Å². The van der Waals surface area contributed by atoms with Crippen LogP contribution in [0.25, 0.3) is 0 Å². The highest BCUT2D eigenvalue weighted by atomic mass is 35.5. The van der Waals surface area contributed by atoms with Crippen LogP contribution in [-0.4, -0.2) is 47.2 Å². The predicted octanol–water partition coefficient (Wildman–Crippen LogP) is 1.48. The molecular formula is C17H25ClN2O6S. The number of nitrogens with one attached hydrogen (secondary N) is 1. The fraction of sp³-hybridized carbons (Fsp3) is 0.529. The number of ether oxygens (including phenoxy) is 2. The van der Waals surface area contributed by atoms with E-state index in [1.54, 1.807) is 0 Å². The van der Waals surface area contributed by atoms with Crippen molar-refractivity contribution in [2.45, 2.75) is 36.6 Å². The first-order chi connectivity index (χ1) is 12.3. The number of hydrogen-bond donors (Lipinski definition) is 2. The van der Waals surface area contributed by atoms with E-state index in [9.17, 15) is 18.0 Å². The van der Waals surface area contributed by atoms with Crippen LogP contribution in [0.2, 0.25) is 0 Å². The molecule has 0 heterocycles. The molecule has 152 valence electrons. The summed E-state index contributed by atoms with van der Waals surface area (Å²) in [6.07, 6.45) is 3.87. The smallest absolute Gasteiger partial charge is 0.339 e. The zero-order chi connectivity index (χ0) is 19.3. The molecule has 0 bridgehead atoms. The van der Waals surface area contributed by atoms with Gasteiger partial charge in [0.15, 0.2) is 0 Å². The number of sulfonamides is 1. The van der Waals surface area contributed by atoms with E-state index in [-0.39, 0.29) is 40.9 Å². The third-order valence-electron chi connectivity index (χ3n) is 4.63. The molecule has 27 heavy (non-hydrogen) atoms. The van der Waals surface area contributed by atoms with Crippen LogP contribution in [-0.2, 0) is 19.5 Å². The molecule has 1 aromatic rings. The van der Waals surface area contributed by atoms with Gasteiger partial charge in [-0.15, -0.1) is 12.4 Å². The monoisotopic (exact) mass is 420 g/mol. The molecule has 3 N–H and O–H groups in total. The van der Waals surface area contributed by atoms with E-state index in [2.05, 4.69) is 14.2 Å². The second kappa shape index (κ2) is 10.0. The third-order valence-corrected chi connectivity index (χ3v) is 6.16. The van der Waals surface area contributed by atoms with Gasteiger partial charge in [-0.3, -0.25) is 0 Å². The van der Waals surface area contributed by atoms with Crippen molar-refractivity contribution in [3.63, 3.8) is 0 Å². The Labute approximate surface area is 165 Å². The number of hydrogen-bond acceptors (Lipinski definition) is 7. The van der Waals surface area contributed by atoms with Gasteiger partial charge in [0.25, 0.3) is 0 Å². The zero-order valence-electron chi connectivity index (χ0n) is 15.3. The first kappa shape index (κ1) is 23.4. The zero-order valence-corrected chi connectivity index (χ0v) is 16.9. The second-order valence-corrected chi connectivity index (χ2v) is 7.88. The van der Waals surface area contributed by atoms with Crippen molar-refractivity contribution in [2.75, 3.05) is 20.8 Å². The summed E-state index contributed by atoms with van der Waals surface area (Å²) in [5, 5.41) is 0. The number of nitrogens with two attached hydrogens (primary N) is 1. The van der Waals surface area contributed by atoms with Crippen molar-refractivity contribution in [1.29, 1.82) is 0 Å². The van der Waals surface area contributed by atoms with Gasteiger partial charge in [0.2, 0.25) is 10.0 Å². The van der Waals surface area contributed by atoms with Crippen molar-refractivity contribution < 1.29 is 27.5 Å². The van der Waals surface area contributed by atoms with Crippen LogP contribution in [0.1, 0.15) is 46.4 Å². The molecular weight excluding hydrogens is 396 g/mol. The van der Waals surface area contributed by atoms with Gasteiger partial charge in [-0.2, -0.15) is 0 Å². The van der Waals surface area contributed by atoms with Gasteiger partial charge in [0.1, 0.15) is 0 Å². The van der Waals surface area contributed by atoms with E-state index in [0.717, 1.165) is 38.9 Å². The molecule has 0 radical (unpaired) electrons. The van der Waals surface area contributed by atoms with Gasteiger partial charge in [-0.05, 0) is 37.0 Å². The number of benzene rings is 1. The van der Waals surface area contributed by atoms with Crippen molar-refractivity contribution in [2.24, 2.45) is 11.7 Å². The first-order valence-electron chi connectivity index (χ1n) is 8.37. The molecule has 0 amide bonds. The minimum Gasteiger partial charge on any atom is -0.465 e. The molecule has 2 rings (SSSR count). The molecule has 1 aliphatic carbocycles. The second-order valence-electron chi connectivity index (χ2n) is 6.20. The molecule has 8 nitrogen and oxygen atoms in total. The summed E-state index contributed by atoms with van der Waals surface area (Å²) in [5.74, 6) is -1.36. The fourth-order valence-corrected chi connectivity index (χ4v) is 4.76. The fourth-order valence-electron chi connectivity index (χ4n) is 3.23. The number of esters is 2. The van der Waals surface area contributed by atoms with Gasteiger partial charge >= 0.3 is 11.9 Å². The average molecular weight is 421 g/mol. The van der Waals surface area contributed by atoms with E-state index in [0.29, 0.717) is 0 Å². The van der Waals surface area contributed by atoms with Gasteiger partial charge in [0.05, 0.1) is 30.2 Å². The van der Waals surface area contributed by atoms with Crippen molar-refractivity contribution in [1.82, 2.24) is 4.72 Å². The lowest BCUT2D eigenvalue weighted by Crippen LogP contribution is -2.44. The summed E-state index contributed by atoms with van der Waals surface area (Å²) < 4.78 is 37.7. The van der Waals surface area contributed by atoms with E-state index in [1.165, 1.54) is 19.2 Å². The molecule has 1 saturated carbocycles. The van der Waals surface area contributed by atoms with Crippen LogP contribution in [0.15, 0.2) is 23.1 Å². The number of carbonyl (C=O) groups excluding carboxylic acids is 2. The van der Waals surface area contributed by atoms with E-state index in [4.69, 9.17) is 5.73 Å². The highest BCUT2D eigenvalue weighted by molar-refractivity contribution is 7.89. The van der Waals surface area contributed by atoms with Crippen LogP contribution >= 0.6 is 12.4 Å². The minimum atomic E-state index is -4.10. The highest BCUT2D eigenvalue weighted by Crippen LogP contribution is 2.29. The summed E-state index contributed by atoms with van der Waals surface area (Å²) in [7, 11) is -1.76. The topological polar surface area (TPSA) is 125 Å². The Morgan fingerprint density at radius 2 is 1.78 bits per heavy atom. The number of rotatable bonds is 7. The van der Waals surface area contributed by atoms with Crippen molar-refractivity contribution in [3.8, 4) is 0 Å². The lowest BCUT2D eigenvalue weighted by molar-refractivity contribution is 0.0583. The van der Waals surface area contributed by atoms with Crippen LogP contribution in [0.3, 0.4) is 0 Å². The summed E-state index contributed by atoms with van der Waals surface area (Å²) in [4.78, 5) is 23.4. The van der Waals surface area contributed by atoms with E-state index in [1.807, 2.05) is 0 Å². The summed E-state index contributed by atoms with van der Waals surface area (Å²) in [5.41, 5.74) is 5.63. The molecule has 0 aliphatic heterocycles. The highest BCUT2D eigenvalue weighted by Gasteiger charge is 2.31. The minimum absolute atomic E-state index is 0. The molecule has 0 aromatic heterocycles. The summed E-state index contributed by atoms with van der Waals surface area (Å²) >= 11 is 0. The Hall–Kier alpha value is -1.68. The Morgan fingerprint density at radius 3 is 2.30 bits per heavy atom. The number of halogens is 1. The average Bonchev–Trinajstić information content (AvgIpc) is 3.18. The molecule has 0 spiro atoms. The van der Waals surface area contributed by atoms with Gasteiger partial charge < -0.3 is 15.2 Å². The number of methoxy groups -OCH3 is 2. The Kier molecular flexibility index (Phi) is 8.67. The first-order valence-corrected chi connectivity index (χ1v) is 9.85. The molecule has 1 fully saturated rings. The maximum absolute atomic E-state index is 12.9. The molecule has 1 unspecified atom stereocenters. The van der Waals surface area contributed by atoms with Crippen LogP contribution in [0, 0.1) is 5.92 Å². The normalized spacial score (nSPS) is 15.7. The molecule has 0 saturated heterocycles. The van der Waals surface area contributed by atoms with Crippen molar-refractivity contribution >= 4 is 34.4 Å². The Morgan fingerprint density at radius 1 is 1.19 bits per heavy atom. The largest absolute Gasteiger partial charge is 0.465 e. The Bertz CT molecular complexity index is 778. The summed E-state index contributed by atoms with van der Waals surface area (Å²) in [6.45, 7) is 0.147. The van der Waals surface area contributed by atoms with Crippen LogP contribution < -0.4 is 10.5 Å². The standard InChI is InChI=1S/C17H24N2O6S.ClH/c1-24-16(20)12-7-8-13(17(21)25-2)15(9-12)26(22,23)19-14(10-18)11-5-3-4-6-11;/h7-9,11,14,19H,3-6,10,18H2,1-2H3;1H. The molecule has 1 aromatic carbocycles. The molecule has 1 aliphatic rings. The maximum Gasteiger partial charge on any atom is 0.339 e. The number of carbonyl (C=O) groups is 2. The Balaban J connectivity index is 0.00000364. The predicted molar refractivity (Wildman–Crippen MR) is 101 cm³/mol. The van der Waals surface area contributed by atoms with Gasteiger partial charge in [-0.25, -0.2) is 22.7 Å². The SMILES string of the molecule is COC(=O)c1ccc(C(=O)OC)c(S(=O)(=O)NC(CN)C2CCCC2)c1.Cl. The molecule has 10 heteroatoms. The lowest BCUT2D eigenvalue weighted by atomic mass is 9.99. The quantitative estimate of drug-likeness (QED) is 0.640. The lowest BCUT2D eigenvalue weighted by Gasteiger charge is -2.23. The van der Waals surface area contributed by atoms with Gasteiger partial charge in [-0.1, -0.05) is 12.8 Å². The van der Waals surface area contributed by atoms with Gasteiger partial charge in [0, 0.05) is 12.6 Å². The van der Waals surface area contributed by atoms with E-state index < -0.39 is 28.0 Å². The maximum atomic E-state index is 12.9. The third kappa shape index (κ3) is 5.41.